The highest BCUT2D eigenvalue weighted by molar-refractivity contribution is 6.07. The van der Waals surface area contributed by atoms with Crippen molar-refractivity contribution in [1.82, 2.24) is 4.90 Å². The predicted molar refractivity (Wildman–Crippen MR) is 56.1 cm³/mol. The Morgan fingerprint density at radius 1 is 1.27 bits per heavy atom. The van der Waals surface area contributed by atoms with E-state index in [2.05, 4.69) is 0 Å². The van der Waals surface area contributed by atoms with Crippen molar-refractivity contribution in [3.63, 3.8) is 0 Å². The van der Waals surface area contributed by atoms with Crippen molar-refractivity contribution in [3.05, 3.63) is 35.9 Å². The van der Waals surface area contributed by atoms with E-state index in [1.54, 1.807) is 11.8 Å². The van der Waals surface area contributed by atoms with Gasteiger partial charge in [-0.05, 0) is 12.5 Å². The van der Waals surface area contributed by atoms with E-state index < -0.39 is 0 Å². The average Bonchev–Trinajstić information content (AvgIpc) is 2.47. The minimum atomic E-state index is -0.266. The van der Waals surface area contributed by atoms with Crippen molar-refractivity contribution in [2.75, 3.05) is 0 Å². The molecule has 1 aromatic rings. The zero-order valence-corrected chi connectivity index (χ0v) is 8.64. The highest BCUT2D eigenvalue weighted by atomic mass is 16.2. The Labute approximate surface area is 88.7 Å². The van der Waals surface area contributed by atoms with Gasteiger partial charge in [-0.25, -0.2) is 0 Å². The number of nitrogens with zero attached hydrogens (tertiary/aromatic N) is 1. The van der Waals surface area contributed by atoms with Gasteiger partial charge in [-0.3, -0.25) is 9.59 Å². The number of amides is 1. The zero-order valence-electron chi connectivity index (χ0n) is 8.64. The summed E-state index contributed by atoms with van der Waals surface area (Å²) in [6, 6.07) is 9.46. The summed E-state index contributed by atoms with van der Waals surface area (Å²) in [4.78, 5) is 24.5. The van der Waals surface area contributed by atoms with Crippen LogP contribution >= 0.6 is 0 Å². The molecule has 0 aromatic heterocycles. The quantitative estimate of drug-likeness (QED) is 0.681. The van der Waals surface area contributed by atoms with E-state index in [-0.39, 0.29) is 24.2 Å². The topological polar surface area (TPSA) is 37.4 Å². The third-order valence-corrected chi connectivity index (χ3v) is 2.78. The number of likely N-dealkylation sites (tertiary alicyclic amines) is 1. The van der Waals surface area contributed by atoms with E-state index in [9.17, 15) is 9.59 Å². The molecule has 3 heteroatoms. The summed E-state index contributed by atoms with van der Waals surface area (Å²) >= 11 is 0. The number of ketones is 1. The van der Waals surface area contributed by atoms with Gasteiger partial charge in [0, 0.05) is 6.54 Å². The number of carbonyl (C=O) groups is 2. The van der Waals surface area contributed by atoms with Crippen LogP contribution in [0.3, 0.4) is 0 Å². The number of rotatable bonds is 2. The molecule has 0 N–H and O–H groups in total. The molecule has 1 amide bonds. The fourth-order valence-corrected chi connectivity index (χ4v) is 1.79. The second-order valence-corrected chi connectivity index (χ2v) is 3.83. The first-order chi connectivity index (χ1) is 7.18. The fourth-order valence-electron chi connectivity index (χ4n) is 1.79. The Balaban J connectivity index is 2.13. The van der Waals surface area contributed by atoms with Gasteiger partial charge in [-0.15, -0.1) is 0 Å². The van der Waals surface area contributed by atoms with Crippen LogP contribution in [-0.4, -0.2) is 22.6 Å². The van der Waals surface area contributed by atoms with Gasteiger partial charge in [0.05, 0.1) is 12.5 Å². The van der Waals surface area contributed by atoms with E-state index in [4.69, 9.17) is 0 Å². The summed E-state index contributed by atoms with van der Waals surface area (Å²) in [7, 11) is 0. The van der Waals surface area contributed by atoms with Crippen molar-refractivity contribution >= 4 is 11.7 Å². The maximum Gasteiger partial charge on any atom is 0.231 e. The highest BCUT2D eigenvalue weighted by Gasteiger charge is 2.34. The Morgan fingerprint density at radius 3 is 2.47 bits per heavy atom. The summed E-state index contributed by atoms with van der Waals surface area (Å²) in [5.41, 5.74) is 1.06. The molecular formula is C12H13NO2. The molecule has 1 aliphatic rings. The van der Waals surface area contributed by atoms with Crippen LogP contribution in [0.25, 0.3) is 0 Å². The number of benzene rings is 1. The van der Waals surface area contributed by atoms with Gasteiger partial charge < -0.3 is 4.90 Å². The predicted octanol–water partition coefficient (Wildman–Crippen LogP) is 1.38. The summed E-state index contributed by atoms with van der Waals surface area (Å²) in [5.74, 6) is -0.0349. The Morgan fingerprint density at radius 2 is 1.93 bits per heavy atom. The lowest BCUT2D eigenvalue weighted by Gasteiger charge is -2.20. The van der Waals surface area contributed by atoms with Crippen molar-refractivity contribution in [2.45, 2.75) is 25.9 Å². The zero-order chi connectivity index (χ0) is 10.8. The fraction of sp³-hybridized carbons (Fsp3) is 0.333. The van der Waals surface area contributed by atoms with Gasteiger partial charge in [0.1, 0.15) is 0 Å². The molecule has 1 saturated heterocycles. The number of carbonyl (C=O) groups excluding carboxylic acids is 2. The Hall–Kier alpha value is -1.64. The molecule has 1 fully saturated rings. The molecular weight excluding hydrogens is 190 g/mol. The van der Waals surface area contributed by atoms with Gasteiger partial charge in [-0.2, -0.15) is 0 Å². The number of hydrogen-bond donors (Lipinski definition) is 0. The van der Waals surface area contributed by atoms with Crippen LogP contribution in [0.15, 0.2) is 30.3 Å². The normalized spacial score (nSPS) is 21.1. The number of Topliss-reactive ketones (excluding diaryl/α,β-unsaturated/α-hetero) is 1. The maximum absolute atomic E-state index is 11.5. The molecule has 1 aliphatic heterocycles. The molecule has 78 valence electrons. The van der Waals surface area contributed by atoms with Gasteiger partial charge in [0.25, 0.3) is 0 Å². The standard InChI is InChI=1S/C12H13NO2/c1-9-11(14)7-12(15)13(9)8-10-5-3-2-4-6-10/h2-6,9H,7-8H2,1H3/t9-/m0/s1. The monoisotopic (exact) mass is 203 g/mol. The van der Waals surface area contributed by atoms with E-state index in [0.717, 1.165) is 5.56 Å². The van der Waals surface area contributed by atoms with Crippen LogP contribution < -0.4 is 0 Å². The first-order valence-electron chi connectivity index (χ1n) is 5.04. The van der Waals surface area contributed by atoms with E-state index >= 15 is 0 Å². The molecule has 0 radical (unpaired) electrons. The first kappa shape index (κ1) is 9.90. The average molecular weight is 203 g/mol. The minimum Gasteiger partial charge on any atom is -0.328 e. The van der Waals surface area contributed by atoms with E-state index in [1.165, 1.54) is 0 Å². The molecule has 1 aromatic carbocycles. The van der Waals surface area contributed by atoms with Crippen molar-refractivity contribution in [1.29, 1.82) is 0 Å². The van der Waals surface area contributed by atoms with E-state index in [0.29, 0.717) is 6.54 Å². The number of hydrogen-bond acceptors (Lipinski definition) is 2. The van der Waals surface area contributed by atoms with E-state index in [1.807, 2.05) is 30.3 Å². The molecule has 1 atom stereocenters. The van der Waals surface area contributed by atoms with Crippen molar-refractivity contribution in [3.8, 4) is 0 Å². The molecule has 0 saturated carbocycles. The van der Waals surface area contributed by atoms with Crippen molar-refractivity contribution < 1.29 is 9.59 Å². The third-order valence-electron chi connectivity index (χ3n) is 2.78. The lowest BCUT2D eigenvalue weighted by Crippen LogP contribution is -2.32. The lowest BCUT2D eigenvalue weighted by atomic mass is 10.2. The third kappa shape index (κ3) is 1.91. The van der Waals surface area contributed by atoms with Gasteiger partial charge in [-0.1, -0.05) is 30.3 Å². The van der Waals surface area contributed by atoms with Gasteiger partial charge in [0.15, 0.2) is 5.78 Å². The van der Waals surface area contributed by atoms with Crippen LogP contribution in [0.5, 0.6) is 0 Å². The van der Waals surface area contributed by atoms with Crippen molar-refractivity contribution in [2.24, 2.45) is 0 Å². The highest BCUT2D eigenvalue weighted by Crippen LogP contribution is 2.17. The molecule has 15 heavy (non-hydrogen) atoms. The molecule has 2 rings (SSSR count). The molecule has 0 unspecified atom stereocenters. The molecule has 0 spiro atoms. The van der Waals surface area contributed by atoms with Crippen LogP contribution in [0.1, 0.15) is 18.9 Å². The van der Waals surface area contributed by atoms with Crippen LogP contribution in [-0.2, 0) is 16.1 Å². The first-order valence-corrected chi connectivity index (χ1v) is 5.04. The van der Waals surface area contributed by atoms with Gasteiger partial charge >= 0.3 is 0 Å². The Bertz CT molecular complexity index is 386. The summed E-state index contributed by atoms with van der Waals surface area (Å²) < 4.78 is 0. The maximum atomic E-state index is 11.5. The Kier molecular flexibility index (Phi) is 2.54. The summed E-state index contributed by atoms with van der Waals surface area (Å²) in [6.45, 7) is 2.32. The van der Waals surface area contributed by atoms with Crippen LogP contribution in [0.4, 0.5) is 0 Å². The van der Waals surface area contributed by atoms with Crippen LogP contribution in [0, 0.1) is 0 Å². The second-order valence-electron chi connectivity index (χ2n) is 3.83. The largest absolute Gasteiger partial charge is 0.328 e. The summed E-state index contributed by atoms with van der Waals surface area (Å²) in [6.07, 6.45) is 0.0635. The SMILES string of the molecule is C[C@H]1C(=O)CC(=O)N1Cc1ccccc1. The molecule has 0 aliphatic carbocycles. The smallest absolute Gasteiger partial charge is 0.231 e. The van der Waals surface area contributed by atoms with Crippen LogP contribution in [0.2, 0.25) is 0 Å². The lowest BCUT2D eigenvalue weighted by molar-refractivity contribution is -0.129. The molecule has 1 heterocycles. The molecule has 0 bridgehead atoms. The second kappa shape index (κ2) is 3.85. The summed E-state index contributed by atoms with van der Waals surface area (Å²) in [5, 5.41) is 0. The minimum absolute atomic E-state index is 0.0240. The van der Waals surface area contributed by atoms with Gasteiger partial charge in [0.2, 0.25) is 5.91 Å². The molecule has 3 nitrogen and oxygen atoms in total.